The molecule has 0 aliphatic rings. The first-order chi connectivity index (χ1) is 26.8. The summed E-state index contributed by atoms with van der Waals surface area (Å²) in [6.07, 6.45) is 10.1. The smallest absolute Gasteiger partial charge is 0.123 e. The molecule has 294 valence electrons. The van der Waals surface area contributed by atoms with Crippen molar-refractivity contribution in [3.05, 3.63) is 172 Å². The number of aliphatic hydroxyl groups is 1. The standard InChI is InChI=1S/C16H18ClN.C12H19NO.C11H14N2.C8H10FN/c1-2-3-6-15(16-7-4-5-12-18-16)13-8-10-14(17)11-9-13;1-10-5-7-11(8-6-10)12(14)4-3-9-13-2;1-12-7-6-9-8-13-11-5-3-2-4-10(9)11;1-10-6-7-2-4-8(9)5-3-7/h4-5,7-12,15H,2-3,6H2,1H3;5-8,12-14H,3-4,9H2,1-2H3;2-5,8,12-13H,6-7H2,1H3;2-5,10H,6H2,1H3. The molecule has 8 heteroatoms. The fourth-order valence-corrected chi connectivity index (χ4v) is 6.13. The molecule has 0 radical (unpaired) electrons. The molecule has 5 N–H and O–H groups in total. The fourth-order valence-electron chi connectivity index (χ4n) is 6.00. The second-order valence-corrected chi connectivity index (χ2v) is 14.0. The minimum atomic E-state index is -0.316. The molecule has 2 atom stereocenters. The number of benzene rings is 4. The van der Waals surface area contributed by atoms with Gasteiger partial charge in [-0.3, -0.25) is 4.98 Å². The number of para-hydroxylation sites is 1. The van der Waals surface area contributed by atoms with Crippen LogP contribution in [0.15, 0.2) is 128 Å². The van der Waals surface area contributed by atoms with Crippen LogP contribution in [0.25, 0.3) is 10.9 Å². The van der Waals surface area contributed by atoms with Crippen molar-refractivity contribution in [3.63, 3.8) is 0 Å². The largest absolute Gasteiger partial charge is 0.388 e. The Morgan fingerprint density at radius 2 is 1.42 bits per heavy atom. The van der Waals surface area contributed by atoms with Gasteiger partial charge >= 0.3 is 0 Å². The summed E-state index contributed by atoms with van der Waals surface area (Å²) in [7, 11) is 5.77. The summed E-state index contributed by atoms with van der Waals surface area (Å²) in [6.45, 7) is 7.06. The molecule has 0 fully saturated rings. The van der Waals surface area contributed by atoms with Crippen LogP contribution in [-0.4, -0.2) is 49.3 Å². The molecule has 55 heavy (non-hydrogen) atoms. The number of aromatic nitrogens is 2. The zero-order valence-corrected chi connectivity index (χ0v) is 34.0. The van der Waals surface area contributed by atoms with E-state index in [0.717, 1.165) is 67.2 Å². The van der Waals surface area contributed by atoms with E-state index in [1.807, 2.05) is 69.8 Å². The molecule has 0 bridgehead atoms. The molecule has 2 aromatic heterocycles. The summed E-state index contributed by atoms with van der Waals surface area (Å²) in [5, 5.41) is 21.2. The lowest BCUT2D eigenvalue weighted by Crippen LogP contribution is -2.09. The van der Waals surface area contributed by atoms with Gasteiger partial charge in [-0.2, -0.15) is 0 Å². The molecule has 0 aliphatic carbocycles. The molecule has 6 rings (SSSR count). The summed E-state index contributed by atoms with van der Waals surface area (Å²) < 4.78 is 12.3. The number of fused-ring (bicyclic) bond motifs is 1. The van der Waals surface area contributed by atoms with Crippen molar-refractivity contribution in [2.24, 2.45) is 0 Å². The second-order valence-electron chi connectivity index (χ2n) is 13.5. The van der Waals surface area contributed by atoms with E-state index in [1.54, 1.807) is 12.1 Å². The maximum absolute atomic E-state index is 12.3. The van der Waals surface area contributed by atoms with Gasteiger partial charge < -0.3 is 26.0 Å². The van der Waals surface area contributed by atoms with Crippen molar-refractivity contribution in [2.45, 2.75) is 70.9 Å². The second kappa shape index (κ2) is 26.4. The Balaban J connectivity index is 0.000000201. The zero-order valence-electron chi connectivity index (χ0n) is 33.3. The number of hydrogen-bond acceptors (Lipinski definition) is 5. The molecule has 0 aliphatic heterocycles. The van der Waals surface area contributed by atoms with Crippen LogP contribution in [-0.2, 0) is 13.0 Å². The van der Waals surface area contributed by atoms with Crippen molar-refractivity contribution in [2.75, 3.05) is 34.2 Å². The Morgan fingerprint density at radius 3 is 2.05 bits per heavy atom. The van der Waals surface area contributed by atoms with Crippen molar-refractivity contribution in [3.8, 4) is 0 Å². The molecule has 0 amide bonds. The molecule has 2 heterocycles. The normalized spacial score (nSPS) is 11.6. The highest BCUT2D eigenvalue weighted by Crippen LogP contribution is 2.29. The lowest BCUT2D eigenvalue weighted by atomic mass is 9.90. The van der Waals surface area contributed by atoms with E-state index >= 15 is 0 Å². The number of hydrogen-bond donors (Lipinski definition) is 5. The molecular weight excluding hydrogens is 705 g/mol. The van der Waals surface area contributed by atoms with E-state index in [-0.39, 0.29) is 11.9 Å². The highest BCUT2D eigenvalue weighted by Gasteiger charge is 2.14. The number of nitrogens with zero attached hydrogens (tertiary/aromatic N) is 1. The van der Waals surface area contributed by atoms with Crippen LogP contribution in [0.5, 0.6) is 0 Å². The summed E-state index contributed by atoms with van der Waals surface area (Å²) in [5.74, 6) is 0.197. The monoisotopic (exact) mass is 765 g/mol. The van der Waals surface area contributed by atoms with Gasteiger partial charge in [-0.15, -0.1) is 0 Å². The van der Waals surface area contributed by atoms with Gasteiger partial charge in [-0.05, 0) is 132 Å². The number of pyridine rings is 1. The van der Waals surface area contributed by atoms with E-state index in [2.05, 4.69) is 94.5 Å². The van der Waals surface area contributed by atoms with Gasteiger partial charge in [-0.1, -0.05) is 110 Å². The summed E-state index contributed by atoms with van der Waals surface area (Å²) in [6, 6.07) is 37.2. The third-order valence-electron chi connectivity index (χ3n) is 9.14. The van der Waals surface area contributed by atoms with Crippen LogP contribution in [0, 0.1) is 12.7 Å². The van der Waals surface area contributed by atoms with Gasteiger partial charge in [0.2, 0.25) is 0 Å². The van der Waals surface area contributed by atoms with Crippen LogP contribution in [0.4, 0.5) is 4.39 Å². The minimum Gasteiger partial charge on any atom is -0.388 e. The molecule has 6 aromatic rings. The number of halogens is 2. The van der Waals surface area contributed by atoms with Crippen LogP contribution >= 0.6 is 11.6 Å². The maximum atomic E-state index is 12.3. The van der Waals surface area contributed by atoms with Crippen LogP contribution in [0.2, 0.25) is 5.02 Å². The topological polar surface area (TPSA) is 85.0 Å². The first-order valence-electron chi connectivity index (χ1n) is 19.4. The Kier molecular flexibility index (Phi) is 21.6. The number of rotatable bonds is 15. The average molecular weight is 766 g/mol. The van der Waals surface area contributed by atoms with Gasteiger partial charge in [0, 0.05) is 46.5 Å². The third kappa shape index (κ3) is 16.9. The fraction of sp³-hybridized carbons (Fsp3) is 0.340. The lowest BCUT2D eigenvalue weighted by molar-refractivity contribution is 0.164. The van der Waals surface area contributed by atoms with Gasteiger partial charge in [0.25, 0.3) is 0 Å². The van der Waals surface area contributed by atoms with Gasteiger partial charge in [0.05, 0.1) is 6.10 Å². The molecule has 4 aromatic carbocycles. The third-order valence-corrected chi connectivity index (χ3v) is 9.40. The number of H-pyrrole nitrogens is 1. The average Bonchev–Trinajstić information content (AvgIpc) is 3.63. The molecule has 0 saturated carbocycles. The molecule has 6 nitrogen and oxygen atoms in total. The van der Waals surface area contributed by atoms with Gasteiger partial charge in [-0.25, -0.2) is 4.39 Å². The first kappa shape index (κ1) is 45.0. The van der Waals surface area contributed by atoms with Crippen LogP contribution < -0.4 is 16.0 Å². The number of aromatic amines is 1. The van der Waals surface area contributed by atoms with E-state index in [4.69, 9.17) is 11.6 Å². The molecule has 0 spiro atoms. The number of likely N-dealkylation sites (N-methyl/N-ethyl adjacent to an activating group) is 1. The zero-order chi connectivity index (χ0) is 39.7. The lowest BCUT2D eigenvalue weighted by Gasteiger charge is -2.16. The van der Waals surface area contributed by atoms with Crippen molar-refractivity contribution in [1.82, 2.24) is 25.9 Å². The van der Waals surface area contributed by atoms with Crippen molar-refractivity contribution >= 4 is 22.5 Å². The number of nitrogens with one attached hydrogen (secondary N) is 4. The Hall–Kier alpha value is -4.37. The number of aliphatic hydroxyl groups excluding tert-OH is 1. The summed E-state index contributed by atoms with van der Waals surface area (Å²) in [4.78, 5) is 7.77. The van der Waals surface area contributed by atoms with E-state index in [1.165, 1.54) is 52.6 Å². The molecular formula is C47H61ClFN5O. The summed E-state index contributed by atoms with van der Waals surface area (Å²) >= 11 is 5.95. The molecule has 0 saturated heterocycles. The van der Waals surface area contributed by atoms with E-state index < -0.39 is 0 Å². The number of aryl methyl sites for hydroxylation is 1. The maximum Gasteiger partial charge on any atom is 0.123 e. The van der Waals surface area contributed by atoms with E-state index in [0.29, 0.717) is 5.92 Å². The van der Waals surface area contributed by atoms with Crippen LogP contribution in [0.3, 0.4) is 0 Å². The highest BCUT2D eigenvalue weighted by molar-refractivity contribution is 6.30. The summed E-state index contributed by atoms with van der Waals surface area (Å²) in [5.41, 5.74) is 8.42. The Labute approximate surface area is 334 Å². The number of unbranched alkanes of at least 4 members (excludes halogenated alkanes) is 1. The van der Waals surface area contributed by atoms with Crippen LogP contribution in [0.1, 0.15) is 84.6 Å². The van der Waals surface area contributed by atoms with E-state index in [9.17, 15) is 9.50 Å². The quantitative estimate of drug-likeness (QED) is 0.0673. The SMILES string of the molecule is CCCCC(c1ccc(Cl)cc1)c1ccccn1.CNCCCC(O)c1ccc(C)cc1.CNCCc1c[nH]c2ccccc12.CNCc1ccc(F)cc1. The highest BCUT2D eigenvalue weighted by atomic mass is 35.5. The van der Waals surface area contributed by atoms with Crippen molar-refractivity contribution in [1.29, 1.82) is 0 Å². The molecule has 2 unspecified atom stereocenters. The Morgan fingerprint density at radius 1 is 0.745 bits per heavy atom. The predicted molar refractivity (Wildman–Crippen MR) is 231 cm³/mol. The van der Waals surface area contributed by atoms with Gasteiger partial charge in [0.1, 0.15) is 5.82 Å². The Bertz CT molecular complexity index is 1850. The first-order valence-corrected chi connectivity index (χ1v) is 19.8. The minimum absolute atomic E-state index is 0.181. The van der Waals surface area contributed by atoms with Crippen molar-refractivity contribution < 1.29 is 9.50 Å². The van der Waals surface area contributed by atoms with Gasteiger partial charge in [0.15, 0.2) is 0 Å². The predicted octanol–water partition coefficient (Wildman–Crippen LogP) is 10.6.